The molecule has 0 unspecified atom stereocenters. The number of carboxylic acid groups (broad SMARTS) is 1. The van der Waals surface area contributed by atoms with Crippen LogP contribution in [0.15, 0.2) is 60.8 Å². The van der Waals surface area contributed by atoms with Gasteiger partial charge in [-0.15, -0.1) is 0 Å². The number of primary amides is 1. The van der Waals surface area contributed by atoms with Crippen molar-refractivity contribution in [2.24, 2.45) is 5.73 Å². The van der Waals surface area contributed by atoms with Gasteiger partial charge in [0.05, 0.1) is 17.3 Å². The summed E-state index contributed by atoms with van der Waals surface area (Å²) in [7, 11) is 0. The van der Waals surface area contributed by atoms with Gasteiger partial charge in [-0.2, -0.15) is 5.10 Å². The van der Waals surface area contributed by atoms with E-state index in [1.807, 2.05) is 13.8 Å². The molecule has 2 aromatic heterocycles. The minimum absolute atomic E-state index is 0.0924. The van der Waals surface area contributed by atoms with Crippen molar-refractivity contribution in [2.45, 2.75) is 38.8 Å². The Morgan fingerprint density at radius 1 is 1.02 bits per heavy atom. The van der Waals surface area contributed by atoms with Gasteiger partial charge in [-0.1, -0.05) is 26.0 Å². The summed E-state index contributed by atoms with van der Waals surface area (Å²) in [5, 5.41) is 16.2. The molecule has 4 N–H and O–H groups in total. The Bertz CT molecular complexity index is 1620. The molecule has 0 saturated carbocycles. The Hall–Kier alpha value is -5.00. The number of rotatable bonds is 10. The fourth-order valence-electron chi connectivity index (χ4n) is 4.50. The fourth-order valence-corrected chi connectivity index (χ4v) is 4.50. The molecule has 41 heavy (non-hydrogen) atoms. The third-order valence-electron chi connectivity index (χ3n) is 6.32. The number of amides is 2. The summed E-state index contributed by atoms with van der Waals surface area (Å²) in [5.41, 5.74) is 6.53. The molecule has 0 aliphatic carbocycles. The second kappa shape index (κ2) is 12.0. The molecule has 0 spiro atoms. The first-order valence-corrected chi connectivity index (χ1v) is 12.5. The molecule has 2 heterocycles. The second-order valence-electron chi connectivity index (χ2n) is 9.67. The average molecular weight is 566 g/mol. The van der Waals surface area contributed by atoms with E-state index >= 15 is 0 Å². The van der Waals surface area contributed by atoms with Crippen LogP contribution in [0.5, 0.6) is 0 Å². The first kappa shape index (κ1) is 29.0. The molecule has 0 aliphatic rings. The summed E-state index contributed by atoms with van der Waals surface area (Å²) < 4.78 is 43.5. The SMILES string of the molecule is CC(C)c1cc(C(=O)O)nn1CC(=O)N[C@@H](Cc1cc(F)cc(F)c1)c1ncccc1-c1ccc(F)c(C(N)=O)c1. The molecule has 12 heteroatoms. The lowest BCUT2D eigenvalue weighted by molar-refractivity contribution is -0.122. The summed E-state index contributed by atoms with van der Waals surface area (Å²) >= 11 is 0. The summed E-state index contributed by atoms with van der Waals surface area (Å²) in [6.45, 7) is 3.29. The van der Waals surface area contributed by atoms with Crippen LogP contribution in [-0.4, -0.2) is 37.7 Å². The zero-order chi connectivity index (χ0) is 29.8. The van der Waals surface area contributed by atoms with Crippen molar-refractivity contribution in [3.8, 4) is 11.1 Å². The van der Waals surface area contributed by atoms with Crippen molar-refractivity contribution in [1.82, 2.24) is 20.1 Å². The molecule has 0 aliphatic heterocycles. The van der Waals surface area contributed by atoms with Crippen molar-refractivity contribution in [1.29, 1.82) is 0 Å². The van der Waals surface area contributed by atoms with Crippen LogP contribution in [0, 0.1) is 17.5 Å². The van der Waals surface area contributed by atoms with Crippen molar-refractivity contribution in [3.63, 3.8) is 0 Å². The summed E-state index contributed by atoms with van der Waals surface area (Å²) in [5.74, 6) is -5.38. The molecular formula is C29H26F3N5O4. The zero-order valence-corrected chi connectivity index (χ0v) is 22.1. The highest BCUT2D eigenvalue weighted by molar-refractivity contribution is 5.94. The average Bonchev–Trinajstić information content (AvgIpc) is 3.32. The van der Waals surface area contributed by atoms with Gasteiger partial charge in [0, 0.05) is 23.5 Å². The van der Waals surface area contributed by atoms with E-state index in [9.17, 15) is 32.7 Å². The number of carboxylic acids is 1. The monoisotopic (exact) mass is 565 g/mol. The van der Waals surface area contributed by atoms with E-state index in [-0.39, 0.29) is 41.4 Å². The number of nitrogens with zero attached hydrogens (tertiary/aromatic N) is 3. The Labute approximate surface area is 232 Å². The normalized spacial score (nSPS) is 11.9. The van der Waals surface area contributed by atoms with Gasteiger partial charge >= 0.3 is 5.97 Å². The maximum absolute atomic E-state index is 14.2. The van der Waals surface area contributed by atoms with Crippen molar-refractivity contribution < 1.29 is 32.7 Å². The van der Waals surface area contributed by atoms with E-state index in [0.29, 0.717) is 16.8 Å². The number of halogens is 3. The van der Waals surface area contributed by atoms with Gasteiger partial charge in [-0.05, 0) is 59.9 Å². The molecule has 4 rings (SSSR count). The quantitative estimate of drug-likeness (QED) is 0.261. The van der Waals surface area contributed by atoms with Crippen molar-refractivity contribution in [3.05, 3.63) is 106 Å². The first-order valence-electron chi connectivity index (χ1n) is 12.5. The van der Waals surface area contributed by atoms with Crippen LogP contribution in [0.2, 0.25) is 0 Å². The molecule has 4 aromatic rings. The van der Waals surface area contributed by atoms with E-state index in [1.165, 1.54) is 29.1 Å². The number of aromatic carboxylic acids is 1. The lowest BCUT2D eigenvalue weighted by Crippen LogP contribution is -2.34. The number of nitrogens with one attached hydrogen (secondary N) is 1. The highest BCUT2D eigenvalue weighted by atomic mass is 19.1. The number of carbonyl (C=O) groups is 3. The van der Waals surface area contributed by atoms with E-state index in [0.717, 1.165) is 24.3 Å². The fraction of sp³-hybridized carbons (Fsp3) is 0.207. The van der Waals surface area contributed by atoms with Crippen LogP contribution in [-0.2, 0) is 17.8 Å². The Kier molecular flexibility index (Phi) is 8.51. The van der Waals surface area contributed by atoms with Crippen LogP contribution in [0.3, 0.4) is 0 Å². The van der Waals surface area contributed by atoms with E-state index in [4.69, 9.17) is 5.73 Å². The Morgan fingerprint density at radius 3 is 2.37 bits per heavy atom. The topological polar surface area (TPSA) is 140 Å². The van der Waals surface area contributed by atoms with Gasteiger partial charge in [0.2, 0.25) is 5.91 Å². The predicted molar refractivity (Wildman–Crippen MR) is 142 cm³/mol. The lowest BCUT2D eigenvalue weighted by Gasteiger charge is -2.22. The van der Waals surface area contributed by atoms with E-state index in [1.54, 1.807) is 12.1 Å². The number of aromatic nitrogens is 3. The minimum Gasteiger partial charge on any atom is -0.476 e. The largest absolute Gasteiger partial charge is 0.476 e. The van der Waals surface area contributed by atoms with Gasteiger partial charge in [-0.3, -0.25) is 19.3 Å². The van der Waals surface area contributed by atoms with Crippen LogP contribution < -0.4 is 11.1 Å². The molecule has 0 bridgehead atoms. The van der Waals surface area contributed by atoms with Gasteiger partial charge < -0.3 is 16.2 Å². The number of pyridine rings is 1. The van der Waals surface area contributed by atoms with E-state index < -0.39 is 41.3 Å². The standard InChI is InChI=1S/C29H26F3N5O4/c1-15(2)25-13-24(29(40)41)36-37(25)14-26(38)35-23(10-16-8-18(30)12-19(31)9-16)27-20(4-3-7-34-27)17-5-6-22(32)21(11-17)28(33)39/h3-9,11-13,15,23H,10,14H2,1-2H3,(H2,33,39)(H,35,38)(H,40,41)/t23-/m0/s1. The minimum atomic E-state index is -1.25. The van der Waals surface area contributed by atoms with Gasteiger partial charge in [0.25, 0.3) is 5.91 Å². The molecular weight excluding hydrogens is 539 g/mol. The van der Waals surface area contributed by atoms with Crippen LogP contribution in [0.1, 0.15) is 63.6 Å². The smallest absolute Gasteiger partial charge is 0.356 e. The zero-order valence-electron chi connectivity index (χ0n) is 22.1. The van der Waals surface area contributed by atoms with Gasteiger partial charge in [0.15, 0.2) is 5.69 Å². The summed E-state index contributed by atoms with van der Waals surface area (Å²) in [6, 6.07) is 10.4. The number of benzene rings is 2. The van der Waals surface area contributed by atoms with Gasteiger partial charge in [0.1, 0.15) is 24.0 Å². The van der Waals surface area contributed by atoms with Gasteiger partial charge in [-0.25, -0.2) is 18.0 Å². The van der Waals surface area contributed by atoms with Crippen molar-refractivity contribution >= 4 is 17.8 Å². The third-order valence-corrected chi connectivity index (χ3v) is 6.32. The second-order valence-corrected chi connectivity index (χ2v) is 9.67. The van der Waals surface area contributed by atoms with E-state index in [2.05, 4.69) is 15.4 Å². The third kappa shape index (κ3) is 6.78. The molecule has 2 amide bonds. The molecule has 0 fully saturated rings. The number of hydrogen-bond donors (Lipinski definition) is 3. The maximum atomic E-state index is 14.2. The Morgan fingerprint density at radius 2 is 1.73 bits per heavy atom. The number of carbonyl (C=O) groups excluding carboxylic acids is 2. The van der Waals surface area contributed by atoms with Crippen LogP contribution in [0.4, 0.5) is 13.2 Å². The highest BCUT2D eigenvalue weighted by Gasteiger charge is 2.24. The molecule has 0 radical (unpaired) electrons. The highest BCUT2D eigenvalue weighted by Crippen LogP contribution is 2.30. The molecule has 212 valence electrons. The predicted octanol–water partition coefficient (Wildman–Crippen LogP) is 4.38. The molecule has 0 saturated heterocycles. The first-order chi connectivity index (χ1) is 19.4. The molecule has 9 nitrogen and oxygen atoms in total. The van der Waals surface area contributed by atoms with Crippen LogP contribution in [0.25, 0.3) is 11.1 Å². The Balaban J connectivity index is 1.75. The molecule has 1 atom stereocenters. The van der Waals surface area contributed by atoms with Crippen molar-refractivity contribution in [2.75, 3.05) is 0 Å². The maximum Gasteiger partial charge on any atom is 0.356 e. The number of nitrogens with two attached hydrogens (primary N) is 1. The summed E-state index contributed by atoms with van der Waals surface area (Å²) in [6.07, 6.45) is 1.36. The molecule has 2 aromatic carbocycles. The lowest BCUT2D eigenvalue weighted by atomic mass is 9.94. The number of hydrogen-bond acceptors (Lipinski definition) is 5. The summed E-state index contributed by atoms with van der Waals surface area (Å²) in [4.78, 5) is 40.9. The van der Waals surface area contributed by atoms with Crippen LogP contribution >= 0.6 is 0 Å².